The zero-order valence-electron chi connectivity index (χ0n) is 10.9. The molecule has 3 heterocycles. The van der Waals surface area contributed by atoms with Gasteiger partial charge < -0.3 is 5.11 Å². The molecule has 1 aliphatic rings. The Morgan fingerprint density at radius 2 is 2.30 bits per heavy atom. The molecule has 1 atom stereocenters. The maximum Gasteiger partial charge on any atom is 0.336 e. The first kappa shape index (κ1) is 14.1. The van der Waals surface area contributed by atoms with Gasteiger partial charge in [0.15, 0.2) is 0 Å². The lowest BCUT2D eigenvalue weighted by Gasteiger charge is -2.30. The number of aromatic nitrogens is 1. The Kier molecular flexibility index (Phi) is 4.11. The number of carboxylic acid groups (broad SMARTS) is 1. The quantitative estimate of drug-likeness (QED) is 0.938. The van der Waals surface area contributed by atoms with E-state index >= 15 is 0 Å². The van der Waals surface area contributed by atoms with Gasteiger partial charge in [-0.1, -0.05) is 0 Å². The molecule has 4 nitrogen and oxygen atoms in total. The van der Waals surface area contributed by atoms with Crippen LogP contribution in [0, 0.1) is 0 Å². The van der Waals surface area contributed by atoms with Gasteiger partial charge in [-0.25, -0.2) is 9.78 Å². The Morgan fingerprint density at radius 1 is 1.45 bits per heavy atom. The number of carbonyl (C=O) groups is 1. The van der Waals surface area contributed by atoms with Crippen LogP contribution in [-0.2, 0) is 0 Å². The molecule has 7 heteroatoms. The van der Waals surface area contributed by atoms with Gasteiger partial charge in [-0.3, -0.25) is 4.90 Å². The summed E-state index contributed by atoms with van der Waals surface area (Å²) in [5.41, 5.74) is 1.23. The van der Waals surface area contributed by atoms with E-state index in [2.05, 4.69) is 11.9 Å². The summed E-state index contributed by atoms with van der Waals surface area (Å²) < 4.78 is 0. The Bertz CT molecular complexity index is 623. The molecule has 2 aromatic rings. The van der Waals surface area contributed by atoms with Crippen molar-refractivity contribution < 1.29 is 9.90 Å². The van der Waals surface area contributed by atoms with Gasteiger partial charge in [0.05, 0.1) is 22.2 Å². The van der Waals surface area contributed by atoms with Crippen LogP contribution < -0.4 is 0 Å². The van der Waals surface area contributed by atoms with Crippen molar-refractivity contribution in [3.8, 4) is 10.6 Å². The van der Waals surface area contributed by atoms with Crippen LogP contribution in [0.15, 0.2) is 16.8 Å². The second kappa shape index (κ2) is 5.85. The third kappa shape index (κ3) is 2.76. The van der Waals surface area contributed by atoms with E-state index < -0.39 is 5.97 Å². The number of thioether (sulfide) groups is 1. The number of nitrogens with zero attached hydrogens (tertiary/aromatic N) is 2. The predicted molar refractivity (Wildman–Crippen MR) is 85.1 cm³/mol. The van der Waals surface area contributed by atoms with Crippen molar-refractivity contribution >= 4 is 40.4 Å². The third-order valence-electron chi connectivity index (χ3n) is 3.30. The van der Waals surface area contributed by atoms with Crippen LogP contribution in [0.3, 0.4) is 0 Å². The molecule has 3 rings (SSSR count). The van der Waals surface area contributed by atoms with Crippen LogP contribution >= 0.6 is 34.4 Å². The average molecular weight is 326 g/mol. The lowest BCUT2D eigenvalue weighted by atomic mass is 10.3. The SMILES string of the molecule is CN1CCSCC1c1nc(-c2cc(C(=O)O)cs2)cs1. The van der Waals surface area contributed by atoms with Crippen molar-refractivity contribution in [1.29, 1.82) is 0 Å². The summed E-state index contributed by atoms with van der Waals surface area (Å²) in [6.07, 6.45) is 0. The molecule has 0 aliphatic carbocycles. The second-order valence-corrected chi connectivity index (χ2v) is 7.60. The van der Waals surface area contributed by atoms with E-state index in [1.54, 1.807) is 22.8 Å². The normalized spacial score (nSPS) is 20.1. The minimum absolute atomic E-state index is 0.338. The zero-order chi connectivity index (χ0) is 14.1. The molecule has 20 heavy (non-hydrogen) atoms. The summed E-state index contributed by atoms with van der Waals surface area (Å²) in [6, 6.07) is 2.08. The van der Waals surface area contributed by atoms with E-state index in [9.17, 15) is 4.79 Å². The smallest absolute Gasteiger partial charge is 0.336 e. The Labute approximate surface area is 129 Å². The van der Waals surface area contributed by atoms with Crippen LogP contribution in [-0.4, -0.2) is 46.1 Å². The van der Waals surface area contributed by atoms with Gasteiger partial charge in [0.2, 0.25) is 0 Å². The Hall–Kier alpha value is -0.890. The molecule has 0 spiro atoms. The summed E-state index contributed by atoms with van der Waals surface area (Å²) in [5.74, 6) is 1.37. The minimum Gasteiger partial charge on any atom is -0.478 e. The van der Waals surface area contributed by atoms with Crippen molar-refractivity contribution in [2.45, 2.75) is 6.04 Å². The van der Waals surface area contributed by atoms with E-state index in [1.807, 2.05) is 17.1 Å². The molecule has 0 aromatic carbocycles. The van der Waals surface area contributed by atoms with E-state index in [0.717, 1.165) is 27.9 Å². The fourth-order valence-electron chi connectivity index (χ4n) is 2.08. The number of hydrogen-bond donors (Lipinski definition) is 1. The maximum absolute atomic E-state index is 10.9. The molecule has 0 amide bonds. The number of thiazole rings is 1. The van der Waals surface area contributed by atoms with Gasteiger partial charge in [0, 0.05) is 28.8 Å². The summed E-state index contributed by atoms with van der Waals surface area (Å²) in [5, 5.41) is 13.8. The summed E-state index contributed by atoms with van der Waals surface area (Å²) >= 11 is 5.07. The number of carboxylic acids is 1. The molecule has 106 valence electrons. The monoisotopic (exact) mass is 326 g/mol. The molecular weight excluding hydrogens is 312 g/mol. The topological polar surface area (TPSA) is 53.4 Å². The number of aromatic carboxylic acids is 1. The van der Waals surface area contributed by atoms with E-state index in [4.69, 9.17) is 10.1 Å². The van der Waals surface area contributed by atoms with E-state index in [-0.39, 0.29) is 0 Å². The predicted octanol–water partition coefficient (Wildman–Crippen LogP) is 3.29. The van der Waals surface area contributed by atoms with Crippen molar-refractivity contribution in [2.75, 3.05) is 25.1 Å². The fourth-order valence-corrected chi connectivity index (χ4v) is 5.31. The Balaban J connectivity index is 1.83. The molecule has 0 radical (unpaired) electrons. The van der Waals surface area contributed by atoms with Crippen molar-refractivity contribution in [1.82, 2.24) is 9.88 Å². The number of hydrogen-bond acceptors (Lipinski definition) is 6. The first-order valence-electron chi connectivity index (χ1n) is 6.21. The summed E-state index contributed by atoms with van der Waals surface area (Å²) in [4.78, 5) is 18.9. The largest absolute Gasteiger partial charge is 0.478 e. The molecule has 1 fully saturated rings. The van der Waals surface area contributed by atoms with Crippen LogP contribution in [0.5, 0.6) is 0 Å². The van der Waals surface area contributed by atoms with Crippen molar-refractivity contribution in [3.63, 3.8) is 0 Å². The zero-order valence-corrected chi connectivity index (χ0v) is 13.4. The summed E-state index contributed by atoms with van der Waals surface area (Å²) in [6.45, 7) is 1.09. The highest BCUT2D eigenvalue weighted by Gasteiger charge is 2.24. The van der Waals surface area contributed by atoms with Gasteiger partial charge in [-0.2, -0.15) is 11.8 Å². The Morgan fingerprint density at radius 3 is 3.00 bits per heavy atom. The van der Waals surface area contributed by atoms with E-state index in [0.29, 0.717) is 11.6 Å². The standard InChI is InChI=1S/C13H14N2O2S3/c1-15-2-3-18-7-10(15)12-14-9(6-20-12)11-4-8(5-19-11)13(16)17/h4-6,10H,2-3,7H2,1H3,(H,16,17). The highest BCUT2D eigenvalue weighted by atomic mass is 32.2. The van der Waals surface area contributed by atoms with Crippen molar-refractivity contribution in [3.05, 3.63) is 27.4 Å². The molecule has 1 aliphatic heterocycles. The fraction of sp³-hybridized carbons (Fsp3) is 0.385. The third-order valence-corrected chi connectivity index (χ3v) is 6.22. The van der Waals surface area contributed by atoms with Gasteiger partial charge in [-0.15, -0.1) is 22.7 Å². The lowest BCUT2D eigenvalue weighted by Crippen LogP contribution is -2.32. The highest BCUT2D eigenvalue weighted by molar-refractivity contribution is 7.99. The summed E-state index contributed by atoms with van der Waals surface area (Å²) in [7, 11) is 2.14. The van der Waals surface area contributed by atoms with Gasteiger partial charge in [0.25, 0.3) is 0 Å². The molecule has 2 aromatic heterocycles. The number of rotatable bonds is 3. The molecule has 0 saturated carbocycles. The average Bonchev–Trinajstić information content (AvgIpc) is 3.08. The maximum atomic E-state index is 10.9. The lowest BCUT2D eigenvalue weighted by molar-refractivity contribution is 0.0697. The van der Waals surface area contributed by atoms with Crippen LogP contribution in [0.1, 0.15) is 21.4 Å². The van der Waals surface area contributed by atoms with Gasteiger partial charge >= 0.3 is 5.97 Å². The van der Waals surface area contributed by atoms with Crippen molar-refractivity contribution in [2.24, 2.45) is 0 Å². The first-order valence-corrected chi connectivity index (χ1v) is 9.12. The van der Waals surface area contributed by atoms with Crippen LogP contribution in [0.4, 0.5) is 0 Å². The molecule has 1 saturated heterocycles. The molecule has 0 bridgehead atoms. The first-order chi connectivity index (χ1) is 9.65. The molecule has 1 N–H and O–H groups in total. The van der Waals surface area contributed by atoms with E-state index in [1.165, 1.54) is 17.1 Å². The van der Waals surface area contributed by atoms with Crippen LogP contribution in [0.2, 0.25) is 0 Å². The van der Waals surface area contributed by atoms with Gasteiger partial charge in [0.1, 0.15) is 5.01 Å². The van der Waals surface area contributed by atoms with Crippen LogP contribution in [0.25, 0.3) is 10.6 Å². The minimum atomic E-state index is -0.883. The van der Waals surface area contributed by atoms with Gasteiger partial charge in [-0.05, 0) is 13.1 Å². The second-order valence-electron chi connectivity index (χ2n) is 4.65. The molecular formula is C13H14N2O2S3. The highest BCUT2D eigenvalue weighted by Crippen LogP contribution is 2.34. The molecule has 1 unspecified atom stereocenters. The number of thiophene rings is 1.